The van der Waals surface area contributed by atoms with Crippen molar-refractivity contribution >= 4 is 29.5 Å². The number of carbonyl (C=O) groups excluding carboxylic acids is 2. The number of anilines is 1. The van der Waals surface area contributed by atoms with E-state index in [1.807, 2.05) is 13.8 Å². The summed E-state index contributed by atoms with van der Waals surface area (Å²) >= 11 is 1.44. The maximum absolute atomic E-state index is 13.0. The number of methoxy groups -OCH3 is 2. The van der Waals surface area contributed by atoms with Crippen LogP contribution in [0, 0.1) is 0 Å². The number of thioether (sulfide) groups is 1. The van der Waals surface area contributed by atoms with Crippen LogP contribution in [0.5, 0.6) is 0 Å². The normalized spacial score (nSPS) is 15.5. The van der Waals surface area contributed by atoms with Gasteiger partial charge in [-0.15, -0.1) is 0 Å². The molecule has 0 unspecified atom stereocenters. The molecule has 8 nitrogen and oxygen atoms in total. The molecule has 0 saturated heterocycles. The monoisotopic (exact) mass is 429 g/mol. The number of esters is 2. The summed E-state index contributed by atoms with van der Waals surface area (Å²) in [5.41, 5.74) is 1.86. The fourth-order valence-electron chi connectivity index (χ4n) is 3.35. The lowest BCUT2D eigenvalue weighted by atomic mass is 9.82. The molecule has 0 bridgehead atoms. The number of rotatable bonds is 5. The molecule has 2 N–H and O–H groups in total. The predicted octanol–water partition coefficient (Wildman–Crippen LogP) is 3.06. The molecule has 3 rings (SSSR count). The lowest BCUT2D eigenvalue weighted by Crippen LogP contribution is -2.31. The minimum absolute atomic E-state index is 0.235. The van der Waals surface area contributed by atoms with Gasteiger partial charge in [-0.2, -0.15) is 0 Å². The minimum Gasteiger partial charge on any atom is -0.466 e. The van der Waals surface area contributed by atoms with Crippen molar-refractivity contribution in [2.45, 2.75) is 37.1 Å². The van der Waals surface area contributed by atoms with E-state index in [0.29, 0.717) is 38.9 Å². The van der Waals surface area contributed by atoms with E-state index in [0.717, 1.165) is 0 Å². The van der Waals surface area contributed by atoms with Crippen molar-refractivity contribution in [2.24, 2.45) is 0 Å². The van der Waals surface area contributed by atoms with Crippen LogP contribution >= 0.6 is 11.8 Å². The first-order chi connectivity index (χ1) is 14.3. The second kappa shape index (κ2) is 8.74. The van der Waals surface area contributed by atoms with Crippen molar-refractivity contribution in [1.82, 2.24) is 9.97 Å². The Kier molecular flexibility index (Phi) is 6.31. The third-order valence-electron chi connectivity index (χ3n) is 4.64. The van der Waals surface area contributed by atoms with Crippen LogP contribution in [0.4, 0.5) is 5.82 Å². The van der Waals surface area contributed by atoms with Gasteiger partial charge in [0.15, 0.2) is 5.16 Å². The molecule has 1 atom stereocenters. The van der Waals surface area contributed by atoms with Crippen LogP contribution < -0.4 is 10.9 Å². The number of hydrogen-bond donors (Lipinski definition) is 2. The number of carbonyl (C=O) groups is 2. The Morgan fingerprint density at radius 2 is 1.73 bits per heavy atom. The minimum atomic E-state index is -0.699. The van der Waals surface area contributed by atoms with Crippen LogP contribution in [0.2, 0.25) is 0 Å². The molecule has 0 spiro atoms. The van der Waals surface area contributed by atoms with E-state index in [4.69, 9.17) is 9.47 Å². The van der Waals surface area contributed by atoms with Crippen LogP contribution in [-0.2, 0) is 14.3 Å². The Morgan fingerprint density at radius 1 is 1.10 bits per heavy atom. The van der Waals surface area contributed by atoms with Gasteiger partial charge < -0.3 is 19.8 Å². The molecule has 1 aromatic carbocycles. The number of ether oxygens (including phenoxy) is 2. The molecule has 1 aliphatic heterocycles. The molecular formula is C21H23N3O5S. The van der Waals surface area contributed by atoms with Gasteiger partial charge in [0.05, 0.1) is 36.8 Å². The number of H-pyrrole nitrogens is 1. The first-order valence-electron chi connectivity index (χ1n) is 9.32. The summed E-state index contributed by atoms with van der Waals surface area (Å²) < 4.78 is 9.71. The SMILES string of the molecule is COC(=O)C1=C(C)Nc2nc(SC(C)C)[nH]c(=O)c2[C@H]1c1ccc(C(=O)OC)cc1. The number of benzene rings is 1. The van der Waals surface area contributed by atoms with Crippen LogP contribution in [0.3, 0.4) is 0 Å². The van der Waals surface area contributed by atoms with Crippen molar-refractivity contribution in [3.63, 3.8) is 0 Å². The summed E-state index contributed by atoms with van der Waals surface area (Å²) in [6, 6.07) is 6.58. The highest BCUT2D eigenvalue weighted by Crippen LogP contribution is 2.40. The summed E-state index contributed by atoms with van der Waals surface area (Å²) in [4.78, 5) is 44.7. The summed E-state index contributed by atoms with van der Waals surface area (Å²) in [5.74, 6) is -1.32. The Morgan fingerprint density at radius 3 is 2.30 bits per heavy atom. The molecule has 2 heterocycles. The van der Waals surface area contributed by atoms with Gasteiger partial charge in [0.25, 0.3) is 5.56 Å². The summed E-state index contributed by atoms with van der Waals surface area (Å²) in [6.45, 7) is 5.75. The van der Waals surface area contributed by atoms with Crippen molar-refractivity contribution < 1.29 is 19.1 Å². The standard InChI is InChI=1S/C21H23N3O5S/c1-10(2)30-21-23-17-16(18(25)24-21)15(14(11(3)22-17)20(27)29-5)12-6-8-13(9-7-12)19(26)28-4/h6-10,15H,1-5H3,(H2,22,23,24,25)/t15-/m0/s1. The lowest BCUT2D eigenvalue weighted by molar-refractivity contribution is -0.136. The van der Waals surface area contributed by atoms with E-state index < -0.39 is 17.9 Å². The fraction of sp³-hybridized carbons (Fsp3) is 0.333. The van der Waals surface area contributed by atoms with Crippen molar-refractivity contribution in [1.29, 1.82) is 0 Å². The van der Waals surface area contributed by atoms with Crippen molar-refractivity contribution in [3.05, 3.63) is 62.6 Å². The number of nitrogens with one attached hydrogen (secondary N) is 2. The van der Waals surface area contributed by atoms with Crippen LogP contribution in [-0.4, -0.2) is 41.4 Å². The highest BCUT2D eigenvalue weighted by atomic mass is 32.2. The summed E-state index contributed by atoms with van der Waals surface area (Å²) in [7, 11) is 2.60. The van der Waals surface area contributed by atoms with Gasteiger partial charge in [-0.3, -0.25) is 4.79 Å². The highest BCUT2D eigenvalue weighted by molar-refractivity contribution is 7.99. The average Bonchev–Trinajstić information content (AvgIpc) is 2.71. The number of nitrogens with zero attached hydrogens (tertiary/aromatic N) is 1. The summed E-state index contributed by atoms with van der Waals surface area (Å²) in [6.07, 6.45) is 0. The highest BCUT2D eigenvalue weighted by Gasteiger charge is 2.36. The van der Waals surface area contributed by atoms with E-state index in [1.165, 1.54) is 26.0 Å². The smallest absolute Gasteiger partial charge is 0.337 e. The molecule has 2 aromatic rings. The quantitative estimate of drug-likeness (QED) is 0.424. The molecule has 158 valence electrons. The van der Waals surface area contributed by atoms with E-state index in [1.54, 1.807) is 31.2 Å². The van der Waals surface area contributed by atoms with Gasteiger partial charge in [0.1, 0.15) is 5.82 Å². The Balaban J connectivity index is 2.19. The van der Waals surface area contributed by atoms with Gasteiger partial charge in [0.2, 0.25) is 0 Å². The molecule has 0 aliphatic carbocycles. The third kappa shape index (κ3) is 4.11. The van der Waals surface area contributed by atoms with Gasteiger partial charge in [-0.25, -0.2) is 14.6 Å². The second-order valence-electron chi connectivity index (χ2n) is 7.00. The molecule has 0 radical (unpaired) electrons. The molecule has 1 aromatic heterocycles. The zero-order valence-corrected chi connectivity index (χ0v) is 18.2. The maximum Gasteiger partial charge on any atom is 0.337 e. The van der Waals surface area contributed by atoms with E-state index in [-0.39, 0.29) is 10.8 Å². The van der Waals surface area contributed by atoms with Crippen LogP contribution in [0.15, 0.2) is 45.5 Å². The topological polar surface area (TPSA) is 110 Å². The van der Waals surface area contributed by atoms with Crippen LogP contribution in [0.25, 0.3) is 0 Å². The van der Waals surface area contributed by atoms with Gasteiger partial charge >= 0.3 is 11.9 Å². The number of allylic oxidation sites excluding steroid dienone is 1. The van der Waals surface area contributed by atoms with Crippen molar-refractivity contribution in [3.8, 4) is 0 Å². The first kappa shape index (κ1) is 21.6. The van der Waals surface area contributed by atoms with Crippen molar-refractivity contribution in [2.75, 3.05) is 19.5 Å². The number of aromatic amines is 1. The molecule has 30 heavy (non-hydrogen) atoms. The zero-order valence-electron chi connectivity index (χ0n) is 17.4. The van der Waals surface area contributed by atoms with E-state index >= 15 is 0 Å². The molecular weight excluding hydrogens is 406 g/mol. The predicted molar refractivity (Wildman–Crippen MR) is 114 cm³/mol. The fourth-order valence-corrected chi connectivity index (χ4v) is 4.10. The first-order valence-corrected chi connectivity index (χ1v) is 10.2. The van der Waals surface area contributed by atoms with E-state index in [2.05, 4.69) is 15.3 Å². The Hall–Kier alpha value is -3.07. The Bertz CT molecular complexity index is 1070. The molecule has 9 heteroatoms. The van der Waals surface area contributed by atoms with Gasteiger partial charge in [-0.1, -0.05) is 37.7 Å². The van der Waals surface area contributed by atoms with Gasteiger partial charge in [0, 0.05) is 10.9 Å². The Labute approximate surface area is 178 Å². The average molecular weight is 429 g/mol. The molecule has 1 aliphatic rings. The second-order valence-corrected chi connectivity index (χ2v) is 8.57. The largest absolute Gasteiger partial charge is 0.466 e. The lowest BCUT2D eigenvalue weighted by Gasteiger charge is -2.28. The summed E-state index contributed by atoms with van der Waals surface area (Å²) in [5, 5.41) is 3.81. The zero-order chi connectivity index (χ0) is 22.0. The number of hydrogen-bond acceptors (Lipinski definition) is 8. The maximum atomic E-state index is 13.0. The van der Waals surface area contributed by atoms with Crippen LogP contribution in [0.1, 0.15) is 48.2 Å². The number of fused-ring (bicyclic) bond motifs is 1. The van der Waals surface area contributed by atoms with E-state index in [9.17, 15) is 14.4 Å². The molecule has 0 saturated carbocycles. The van der Waals surface area contributed by atoms with Gasteiger partial charge in [-0.05, 0) is 24.6 Å². The molecule has 0 amide bonds. The third-order valence-corrected chi connectivity index (χ3v) is 5.53. The molecule has 0 fully saturated rings. The number of aromatic nitrogens is 2.